The van der Waals surface area contributed by atoms with E-state index in [1.165, 1.54) is 11.1 Å². The van der Waals surface area contributed by atoms with Crippen molar-refractivity contribution in [3.05, 3.63) is 130 Å². The molecule has 0 unspecified atom stereocenters. The molecule has 8 nitrogen and oxygen atoms in total. The number of nitrogens with one attached hydrogen (secondary N) is 2. The van der Waals surface area contributed by atoms with E-state index >= 15 is 0 Å². The van der Waals surface area contributed by atoms with E-state index in [0.717, 1.165) is 46.2 Å². The summed E-state index contributed by atoms with van der Waals surface area (Å²) in [5.41, 5.74) is 7.64. The summed E-state index contributed by atoms with van der Waals surface area (Å²) < 4.78 is 23.9. The number of fused-ring (bicyclic) bond motifs is 2. The van der Waals surface area contributed by atoms with Gasteiger partial charge in [-0.15, -0.1) is 0 Å². The molecule has 0 bridgehead atoms. The van der Waals surface area contributed by atoms with Gasteiger partial charge < -0.3 is 29.6 Å². The Kier molecular flexibility index (Phi) is 10.3. The fraction of sp³-hybridized carbons (Fsp3) is 0.381. The topological polar surface area (TPSA) is 95.1 Å². The van der Waals surface area contributed by atoms with Crippen molar-refractivity contribution >= 4 is 12.2 Å². The van der Waals surface area contributed by atoms with Crippen LogP contribution in [0.2, 0.25) is 0 Å². The van der Waals surface area contributed by atoms with E-state index in [1.807, 2.05) is 77.9 Å². The van der Waals surface area contributed by atoms with Crippen LogP contribution in [0.25, 0.3) is 11.1 Å². The lowest BCUT2D eigenvalue weighted by molar-refractivity contribution is 0.0120. The maximum atomic E-state index is 12.6. The Bertz CT molecular complexity index is 1660. The van der Waals surface area contributed by atoms with Gasteiger partial charge in [0.2, 0.25) is 0 Å². The molecule has 0 saturated heterocycles. The molecular weight excluding hydrogens is 628 g/mol. The van der Waals surface area contributed by atoms with E-state index in [0.29, 0.717) is 13.2 Å². The highest BCUT2D eigenvalue weighted by Gasteiger charge is 2.36. The third-order valence-corrected chi connectivity index (χ3v) is 8.88. The first kappa shape index (κ1) is 35.2. The number of benzene rings is 4. The Morgan fingerprint density at radius 3 is 1.28 bits per heavy atom. The number of ether oxygens (including phenoxy) is 4. The molecule has 2 N–H and O–H groups in total. The lowest BCUT2D eigenvalue weighted by Crippen LogP contribution is -2.39. The molecule has 50 heavy (non-hydrogen) atoms. The number of rotatable bonds is 9. The van der Waals surface area contributed by atoms with Crippen LogP contribution in [0, 0.1) is 0 Å². The summed E-state index contributed by atoms with van der Waals surface area (Å²) in [5.74, 6) is 0. The van der Waals surface area contributed by atoms with E-state index < -0.39 is 23.4 Å². The van der Waals surface area contributed by atoms with Gasteiger partial charge in [-0.2, -0.15) is 0 Å². The van der Waals surface area contributed by atoms with Gasteiger partial charge in [0.05, 0.1) is 37.5 Å². The Balaban J connectivity index is 1.04. The van der Waals surface area contributed by atoms with E-state index in [2.05, 4.69) is 71.3 Å². The second-order valence-corrected chi connectivity index (χ2v) is 15.1. The van der Waals surface area contributed by atoms with Gasteiger partial charge in [0, 0.05) is 12.8 Å². The second-order valence-electron chi connectivity index (χ2n) is 15.1. The van der Waals surface area contributed by atoms with E-state index in [1.54, 1.807) is 0 Å². The van der Waals surface area contributed by atoms with Crippen molar-refractivity contribution in [3.8, 4) is 11.1 Å². The van der Waals surface area contributed by atoms with E-state index in [9.17, 15) is 9.59 Å². The molecule has 0 saturated carbocycles. The van der Waals surface area contributed by atoms with Crippen molar-refractivity contribution in [1.29, 1.82) is 0 Å². The highest BCUT2D eigenvalue weighted by molar-refractivity contribution is 5.69. The van der Waals surface area contributed by atoms with Crippen LogP contribution >= 0.6 is 0 Å². The highest BCUT2D eigenvalue weighted by Crippen LogP contribution is 2.36. The van der Waals surface area contributed by atoms with Crippen LogP contribution in [0.5, 0.6) is 0 Å². The summed E-state index contributed by atoms with van der Waals surface area (Å²) in [4.78, 5) is 25.3. The van der Waals surface area contributed by atoms with Gasteiger partial charge in [-0.1, -0.05) is 97.1 Å². The number of amides is 2. The first-order valence-electron chi connectivity index (χ1n) is 17.4. The summed E-state index contributed by atoms with van der Waals surface area (Å²) in [6, 6.07) is 32.5. The minimum absolute atomic E-state index is 0.198. The van der Waals surface area contributed by atoms with Crippen LogP contribution in [-0.4, -0.2) is 35.6 Å². The molecular formula is C42H48N2O6. The largest absolute Gasteiger partial charge is 0.444 e. The molecule has 0 heterocycles. The molecule has 2 amide bonds. The maximum Gasteiger partial charge on any atom is 0.408 e. The zero-order valence-electron chi connectivity index (χ0n) is 29.8. The summed E-state index contributed by atoms with van der Waals surface area (Å²) in [7, 11) is 0. The SMILES string of the molecule is CC(C)(C)OC(=O)N[C@H]1c2ccccc2C[C@H]1OCc1ccc(-c2ccc(CO[C@@H]3Cc4ccccc4[C@@H]3NC(=O)OC(C)(C)C)cc2)cc1. The molecule has 0 aromatic heterocycles. The number of carbonyl (C=O) groups is 2. The number of hydrogen-bond acceptors (Lipinski definition) is 6. The van der Waals surface area contributed by atoms with Crippen LogP contribution in [0.15, 0.2) is 97.1 Å². The van der Waals surface area contributed by atoms with Gasteiger partial charge in [0.1, 0.15) is 11.2 Å². The van der Waals surface area contributed by atoms with Gasteiger partial charge in [0.25, 0.3) is 0 Å². The van der Waals surface area contributed by atoms with Crippen molar-refractivity contribution < 1.29 is 28.5 Å². The molecule has 0 spiro atoms. The summed E-state index contributed by atoms with van der Waals surface area (Å²) in [6.07, 6.45) is 0.155. The number of carbonyl (C=O) groups excluding carboxylic acids is 2. The van der Waals surface area contributed by atoms with Gasteiger partial charge in [-0.25, -0.2) is 9.59 Å². The molecule has 0 aliphatic heterocycles. The zero-order chi connectivity index (χ0) is 35.5. The molecule has 4 atom stereocenters. The third kappa shape index (κ3) is 8.92. The quantitative estimate of drug-likeness (QED) is 0.184. The number of alkyl carbamates (subject to hydrolysis) is 2. The van der Waals surface area contributed by atoms with Crippen molar-refractivity contribution in [1.82, 2.24) is 10.6 Å². The van der Waals surface area contributed by atoms with Crippen LogP contribution < -0.4 is 10.6 Å². The summed E-state index contributed by atoms with van der Waals surface area (Å²) in [5, 5.41) is 6.08. The number of hydrogen-bond donors (Lipinski definition) is 2. The van der Waals surface area contributed by atoms with Crippen LogP contribution in [-0.2, 0) is 45.0 Å². The minimum Gasteiger partial charge on any atom is -0.444 e. The van der Waals surface area contributed by atoms with Gasteiger partial charge in [-0.05, 0) is 86.1 Å². The predicted octanol–water partition coefficient (Wildman–Crippen LogP) is 8.77. The van der Waals surface area contributed by atoms with Gasteiger partial charge in [0.15, 0.2) is 0 Å². The standard InChI is InChI=1S/C42H48N2O6/c1-41(2,3)49-39(45)43-37-33-13-9-7-11-31(33)23-35(37)47-25-27-15-19-29(20-16-27)30-21-17-28(18-22-30)26-48-36-24-32-12-8-10-14-34(32)38(36)44-40(46)50-42(4,5)6/h7-22,35-38H,23-26H2,1-6H3,(H,43,45)(H,44,46)/t35-,36-,37+,38+/m1/s1. The van der Waals surface area contributed by atoms with Gasteiger partial charge in [-0.3, -0.25) is 0 Å². The van der Waals surface area contributed by atoms with E-state index in [-0.39, 0.29) is 24.3 Å². The predicted molar refractivity (Wildman–Crippen MR) is 194 cm³/mol. The Labute approximate surface area is 295 Å². The lowest BCUT2D eigenvalue weighted by atomic mass is 10.0. The van der Waals surface area contributed by atoms with Crippen LogP contribution in [0.4, 0.5) is 9.59 Å². The Morgan fingerprint density at radius 2 is 0.920 bits per heavy atom. The minimum atomic E-state index is -0.580. The molecule has 4 aromatic rings. The van der Waals surface area contributed by atoms with Crippen molar-refractivity contribution in [3.63, 3.8) is 0 Å². The monoisotopic (exact) mass is 676 g/mol. The Morgan fingerprint density at radius 1 is 0.560 bits per heavy atom. The first-order chi connectivity index (χ1) is 23.8. The zero-order valence-corrected chi connectivity index (χ0v) is 29.8. The molecule has 0 radical (unpaired) electrons. The van der Waals surface area contributed by atoms with Crippen molar-refractivity contribution in [2.24, 2.45) is 0 Å². The summed E-state index contributed by atoms with van der Waals surface area (Å²) in [6.45, 7) is 12.0. The lowest BCUT2D eigenvalue weighted by Gasteiger charge is -2.25. The Hall–Kier alpha value is -4.66. The normalized spacial score (nSPS) is 19.7. The smallest absolute Gasteiger partial charge is 0.408 e. The molecule has 262 valence electrons. The highest BCUT2D eigenvalue weighted by atomic mass is 16.6. The van der Waals surface area contributed by atoms with Crippen LogP contribution in [0.1, 0.15) is 87.0 Å². The summed E-state index contributed by atoms with van der Waals surface area (Å²) >= 11 is 0. The fourth-order valence-electron chi connectivity index (χ4n) is 6.63. The first-order valence-corrected chi connectivity index (χ1v) is 17.4. The molecule has 0 fully saturated rings. The van der Waals surface area contributed by atoms with Crippen LogP contribution in [0.3, 0.4) is 0 Å². The van der Waals surface area contributed by atoms with Gasteiger partial charge >= 0.3 is 12.2 Å². The second kappa shape index (κ2) is 14.7. The fourth-order valence-corrected chi connectivity index (χ4v) is 6.63. The molecule has 2 aliphatic rings. The van der Waals surface area contributed by atoms with Crippen molar-refractivity contribution in [2.45, 2.75) is 103 Å². The molecule has 8 heteroatoms. The molecule has 6 rings (SSSR count). The average Bonchev–Trinajstić information content (AvgIpc) is 3.58. The van der Waals surface area contributed by atoms with E-state index in [4.69, 9.17) is 18.9 Å². The third-order valence-electron chi connectivity index (χ3n) is 8.88. The maximum absolute atomic E-state index is 12.6. The van der Waals surface area contributed by atoms with Crippen molar-refractivity contribution in [2.75, 3.05) is 0 Å². The average molecular weight is 677 g/mol. The molecule has 2 aliphatic carbocycles. The molecule has 4 aromatic carbocycles.